The third-order valence-corrected chi connectivity index (χ3v) is 4.51. The van der Waals surface area contributed by atoms with E-state index in [4.69, 9.17) is 0 Å². The summed E-state index contributed by atoms with van der Waals surface area (Å²) >= 11 is 0. The van der Waals surface area contributed by atoms with Gasteiger partial charge in [0.25, 0.3) is 0 Å². The van der Waals surface area contributed by atoms with Gasteiger partial charge in [-0.1, -0.05) is 60.7 Å². The minimum atomic E-state index is -4.59. The Kier molecular flexibility index (Phi) is 6.25. The first-order chi connectivity index (χ1) is 12.6. The highest BCUT2D eigenvalue weighted by atomic mass is 19.4. The smallest absolute Gasteiger partial charge is 0.396 e. The molecule has 2 unspecified atom stereocenters. The molecule has 4 nitrogen and oxygen atoms in total. The van der Waals surface area contributed by atoms with Crippen LogP contribution in [-0.4, -0.2) is 29.7 Å². The molecule has 0 spiro atoms. The standard InChI is InChI=1S/C20H20F3NO3/c1-19(18(26)27,15-10-6-3-7-11-15)13-24-17(25)12-16(20(21,22)23)14-8-4-2-5-9-14/h2-11,16H,12-13H2,1H3,(H,24,25)(H,26,27). The van der Waals surface area contributed by atoms with E-state index in [1.807, 2.05) is 0 Å². The molecule has 0 aromatic heterocycles. The van der Waals surface area contributed by atoms with Crippen LogP contribution >= 0.6 is 0 Å². The van der Waals surface area contributed by atoms with Crippen molar-refractivity contribution < 1.29 is 27.9 Å². The summed E-state index contributed by atoms with van der Waals surface area (Å²) in [4.78, 5) is 23.9. The lowest BCUT2D eigenvalue weighted by molar-refractivity contribution is -0.157. The first-order valence-corrected chi connectivity index (χ1v) is 8.32. The Morgan fingerprint density at radius 3 is 2.00 bits per heavy atom. The molecule has 0 fully saturated rings. The van der Waals surface area contributed by atoms with Gasteiger partial charge in [-0.05, 0) is 18.1 Å². The lowest BCUT2D eigenvalue weighted by Crippen LogP contribution is -2.45. The van der Waals surface area contributed by atoms with Crippen LogP contribution in [0.25, 0.3) is 0 Å². The number of alkyl halides is 3. The van der Waals surface area contributed by atoms with E-state index in [1.165, 1.54) is 31.2 Å². The number of halogens is 3. The molecule has 144 valence electrons. The summed E-state index contributed by atoms with van der Waals surface area (Å²) in [6.45, 7) is 1.11. The number of carbonyl (C=O) groups excluding carboxylic acids is 1. The van der Waals surface area contributed by atoms with Crippen LogP contribution in [0.2, 0.25) is 0 Å². The summed E-state index contributed by atoms with van der Waals surface area (Å²) in [6.07, 6.45) is -5.40. The third kappa shape index (κ3) is 5.09. The Morgan fingerprint density at radius 1 is 1.00 bits per heavy atom. The number of amides is 1. The van der Waals surface area contributed by atoms with Crippen LogP contribution in [0.4, 0.5) is 13.2 Å². The van der Waals surface area contributed by atoms with Crippen LogP contribution in [0.1, 0.15) is 30.4 Å². The fourth-order valence-electron chi connectivity index (χ4n) is 2.75. The van der Waals surface area contributed by atoms with Crippen LogP contribution in [0.3, 0.4) is 0 Å². The molecule has 2 rings (SSSR count). The highest BCUT2D eigenvalue weighted by Crippen LogP contribution is 2.37. The molecule has 2 atom stereocenters. The van der Waals surface area contributed by atoms with E-state index in [0.717, 1.165) is 0 Å². The second kappa shape index (κ2) is 8.24. The van der Waals surface area contributed by atoms with Crippen molar-refractivity contribution >= 4 is 11.9 Å². The van der Waals surface area contributed by atoms with Crippen LogP contribution < -0.4 is 5.32 Å². The predicted octanol–water partition coefficient (Wildman–Crippen LogP) is 3.88. The van der Waals surface area contributed by atoms with Gasteiger partial charge in [-0.25, -0.2) is 0 Å². The highest BCUT2D eigenvalue weighted by Gasteiger charge is 2.42. The van der Waals surface area contributed by atoms with Gasteiger partial charge in [0.05, 0.1) is 5.92 Å². The van der Waals surface area contributed by atoms with E-state index < -0.39 is 35.8 Å². The number of benzene rings is 2. The van der Waals surface area contributed by atoms with Gasteiger partial charge in [-0.2, -0.15) is 13.2 Å². The molecule has 0 aliphatic heterocycles. The summed E-state index contributed by atoms with van der Waals surface area (Å²) < 4.78 is 40.1. The van der Waals surface area contributed by atoms with Gasteiger partial charge in [0.2, 0.25) is 5.91 Å². The van der Waals surface area contributed by atoms with Crippen molar-refractivity contribution in [1.82, 2.24) is 5.32 Å². The highest BCUT2D eigenvalue weighted by molar-refractivity contribution is 5.83. The molecule has 2 aromatic rings. The van der Waals surface area contributed by atoms with Crippen LogP contribution in [0.15, 0.2) is 60.7 Å². The Morgan fingerprint density at radius 2 is 1.52 bits per heavy atom. The lowest BCUT2D eigenvalue weighted by Gasteiger charge is -2.26. The van der Waals surface area contributed by atoms with Gasteiger partial charge >= 0.3 is 12.1 Å². The Labute approximate surface area is 155 Å². The maximum absolute atomic E-state index is 13.4. The topological polar surface area (TPSA) is 66.4 Å². The summed E-state index contributed by atoms with van der Waals surface area (Å²) in [6, 6.07) is 15.4. The van der Waals surface area contributed by atoms with E-state index in [-0.39, 0.29) is 12.1 Å². The van der Waals surface area contributed by atoms with Crippen molar-refractivity contribution in [3.63, 3.8) is 0 Å². The second-order valence-corrected chi connectivity index (χ2v) is 6.49. The maximum Gasteiger partial charge on any atom is 0.396 e. The molecule has 2 N–H and O–H groups in total. The van der Waals surface area contributed by atoms with Crippen LogP contribution in [-0.2, 0) is 15.0 Å². The predicted molar refractivity (Wildman–Crippen MR) is 94.3 cm³/mol. The number of aliphatic carboxylic acids is 1. The zero-order valence-corrected chi connectivity index (χ0v) is 14.7. The molecule has 0 aliphatic rings. The Hall–Kier alpha value is -2.83. The molecule has 0 aliphatic carbocycles. The van der Waals surface area contributed by atoms with Crippen LogP contribution in [0, 0.1) is 0 Å². The SMILES string of the molecule is CC(CNC(=O)CC(c1ccccc1)C(F)(F)F)(C(=O)O)c1ccccc1. The zero-order valence-electron chi connectivity index (χ0n) is 14.7. The van der Waals surface area contributed by atoms with Crippen molar-refractivity contribution in [3.05, 3.63) is 71.8 Å². The quantitative estimate of drug-likeness (QED) is 0.767. The number of carboxylic acid groups (broad SMARTS) is 1. The molecule has 27 heavy (non-hydrogen) atoms. The molecule has 0 heterocycles. The zero-order chi connectivity index (χ0) is 20.1. The van der Waals surface area contributed by atoms with Gasteiger partial charge in [-0.15, -0.1) is 0 Å². The molecular weight excluding hydrogens is 359 g/mol. The monoisotopic (exact) mass is 379 g/mol. The number of hydrogen-bond acceptors (Lipinski definition) is 2. The normalized spacial score (nSPS) is 14.8. The minimum Gasteiger partial charge on any atom is -0.481 e. The molecule has 2 aromatic carbocycles. The van der Waals surface area contributed by atoms with Crippen molar-refractivity contribution in [2.45, 2.75) is 30.9 Å². The Balaban J connectivity index is 2.12. The van der Waals surface area contributed by atoms with Crippen molar-refractivity contribution in [1.29, 1.82) is 0 Å². The summed E-state index contributed by atoms with van der Waals surface area (Å²) in [7, 11) is 0. The van der Waals surface area contributed by atoms with E-state index in [9.17, 15) is 27.9 Å². The molecule has 7 heteroatoms. The average Bonchev–Trinajstić information content (AvgIpc) is 2.64. The third-order valence-electron chi connectivity index (χ3n) is 4.51. The number of hydrogen-bond donors (Lipinski definition) is 2. The number of nitrogens with one attached hydrogen (secondary N) is 1. The van der Waals surface area contributed by atoms with Gasteiger partial charge < -0.3 is 10.4 Å². The van der Waals surface area contributed by atoms with Crippen LogP contribution in [0.5, 0.6) is 0 Å². The molecule has 0 radical (unpaired) electrons. The molecule has 0 saturated carbocycles. The second-order valence-electron chi connectivity index (χ2n) is 6.49. The van der Waals surface area contributed by atoms with Gasteiger partial charge in [-0.3, -0.25) is 9.59 Å². The average molecular weight is 379 g/mol. The van der Waals surface area contributed by atoms with Crippen molar-refractivity contribution in [3.8, 4) is 0 Å². The summed E-state index contributed by atoms with van der Waals surface area (Å²) in [5.41, 5.74) is -1.00. The molecule has 0 bridgehead atoms. The summed E-state index contributed by atoms with van der Waals surface area (Å²) in [5, 5.41) is 11.9. The summed E-state index contributed by atoms with van der Waals surface area (Å²) in [5.74, 6) is -3.99. The maximum atomic E-state index is 13.4. The molecule has 0 saturated heterocycles. The van der Waals surface area contributed by atoms with Gasteiger partial charge in [0.15, 0.2) is 0 Å². The fraction of sp³-hybridized carbons (Fsp3) is 0.300. The molecular formula is C20H20F3NO3. The lowest BCUT2D eigenvalue weighted by atomic mass is 9.82. The number of rotatable bonds is 7. The minimum absolute atomic E-state index is 0.00999. The molecule has 1 amide bonds. The van der Waals surface area contributed by atoms with Crippen molar-refractivity contribution in [2.24, 2.45) is 0 Å². The van der Waals surface area contributed by atoms with E-state index in [2.05, 4.69) is 5.32 Å². The fourth-order valence-corrected chi connectivity index (χ4v) is 2.75. The number of carboxylic acids is 1. The van der Waals surface area contributed by atoms with E-state index >= 15 is 0 Å². The van der Waals surface area contributed by atoms with Gasteiger partial charge in [0, 0.05) is 13.0 Å². The van der Waals surface area contributed by atoms with Gasteiger partial charge in [0.1, 0.15) is 5.41 Å². The number of carbonyl (C=O) groups is 2. The first kappa shape index (κ1) is 20.5. The van der Waals surface area contributed by atoms with E-state index in [1.54, 1.807) is 36.4 Å². The van der Waals surface area contributed by atoms with E-state index in [0.29, 0.717) is 5.56 Å². The first-order valence-electron chi connectivity index (χ1n) is 8.32. The largest absolute Gasteiger partial charge is 0.481 e. The Bertz CT molecular complexity index is 778. The van der Waals surface area contributed by atoms with Crippen molar-refractivity contribution in [2.75, 3.05) is 6.54 Å².